The van der Waals surface area contributed by atoms with Crippen LogP contribution in [0.15, 0.2) is 121 Å². The maximum atomic E-state index is 15.4. The van der Waals surface area contributed by atoms with Crippen molar-refractivity contribution in [2.75, 3.05) is 0 Å². The number of hydrogen-bond acceptors (Lipinski definition) is 1. The summed E-state index contributed by atoms with van der Waals surface area (Å²) in [5, 5.41) is 6.85. The molecule has 10 aromatic rings. The lowest BCUT2D eigenvalue weighted by Gasteiger charge is -2.44. The molecule has 0 atom stereocenters. The second kappa shape index (κ2) is 20.1. The van der Waals surface area contributed by atoms with Gasteiger partial charge < -0.3 is 4.74 Å². The molecule has 0 saturated heterocycles. The molecule has 0 N–H and O–H groups in total. The van der Waals surface area contributed by atoms with Crippen LogP contribution < -0.4 is 31.2 Å². The average Bonchev–Trinajstić information content (AvgIpc) is 3.57. The largest absolute Gasteiger partial charge is 0.403 e. The third-order valence-electron chi connectivity index (χ3n) is 12.7. The Bertz CT molecular complexity index is 3630. The summed E-state index contributed by atoms with van der Waals surface area (Å²) in [7, 11) is 0. The van der Waals surface area contributed by atoms with Crippen LogP contribution in [-0.2, 0) is 6.54 Å². The summed E-state index contributed by atoms with van der Waals surface area (Å²) in [6.45, 7) is 0.740. The van der Waals surface area contributed by atoms with Gasteiger partial charge in [0.2, 0.25) is 0 Å². The van der Waals surface area contributed by atoms with Crippen molar-refractivity contribution in [3.8, 4) is 11.6 Å². The van der Waals surface area contributed by atoms with Gasteiger partial charge in [0.15, 0.2) is 82.5 Å². The van der Waals surface area contributed by atoms with Crippen LogP contribution in [0.1, 0.15) is 5.56 Å². The number of nitrogens with zero attached hydrogens (tertiary/aromatic N) is 1. The smallest absolute Gasteiger partial charge is 0.381 e. The molecule has 9 aromatic carbocycles. The van der Waals surface area contributed by atoms with E-state index >= 15 is 35.1 Å². The zero-order valence-electron chi connectivity index (χ0n) is 37.7. The molecule has 0 fully saturated rings. The summed E-state index contributed by atoms with van der Waals surface area (Å²) in [5.41, 5.74) is -13.1. The molecule has 0 bridgehead atoms. The minimum atomic E-state index is -7.22. The van der Waals surface area contributed by atoms with E-state index < -0.39 is 144 Å². The molecule has 0 saturated carbocycles. The predicted molar refractivity (Wildman–Crippen MR) is 240 cm³/mol. The van der Waals surface area contributed by atoms with E-state index in [-0.39, 0.29) is 0 Å². The second-order valence-corrected chi connectivity index (χ2v) is 16.9. The molecular weight excluding hydrogens is 1070 g/mol. The average molecular weight is 1090 g/mol. The zero-order valence-corrected chi connectivity index (χ0v) is 37.7. The Morgan fingerprint density at radius 2 is 0.584 bits per heavy atom. The highest BCUT2D eigenvalue weighted by molar-refractivity contribution is 7.20. The second-order valence-electron chi connectivity index (χ2n) is 16.9. The molecule has 0 unspecified atom stereocenters. The first kappa shape index (κ1) is 53.2. The fourth-order valence-electron chi connectivity index (χ4n) is 9.30. The minimum Gasteiger partial charge on any atom is -0.403 e. The number of fused-ring (bicyclic) bond motifs is 3. The van der Waals surface area contributed by atoms with Crippen molar-refractivity contribution in [3.63, 3.8) is 0 Å². The fourth-order valence-corrected chi connectivity index (χ4v) is 9.30. The molecule has 1 heterocycles. The van der Waals surface area contributed by atoms with Crippen LogP contribution in [0.3, 0.4) is 0 Å². The molecule has 0 aliphatic heterocycles. The van der Waals surface area contributed by atoms with E-state index in [1.807, 2.05) is 6.07 Å². The van der Waals surface area contributed by atoms with Gasteiger partial charge in [0.25, 0.3) is 0 Å². The maximum absolute atomic E-state index is 15.4. The SMILES string of the molecule is Fc1c(F)c(F)c([B-](c2c(F)c(F)c(F)c(F)c2F)(c2c(F)c(F)c(F)c(F)c2F)c2c(F)c(F)c(F)c(F)c2F)c(F)c1F.c1ccc(C[n+]2ccc3ccccc3c2Oc2c3ccccc3cc3ccccc23)cc1. The van der Waals surface area contributed by atoms with Crippen LogP contribution in [0, 0.1) is 116 Å². The molecule has 0 radical (unpaired) electrons. The van der Waals surface area contributed by atoms with E-state index in [0.29, 0.717) is 0 Å². The van der Waals surface area contributed by atoms with Crippen LogP contribution in [0.5, 0.6) is 11.6 Å². The molecular formula is C54H22BF20NO. The molecule has 392 valence electrons. The summed E-state index contributed by atoms with van der Waals surface area (Å²) in [4.78, 5) is 0. The molecule has 0 aliphatic rings. The Hall–Kier alpha value is -8.63. The number of rotatable bonds is 8. The van der Waals surface area contributed by atoms with Crippen molar-refractivity contribution in [2.45, 2.75) is 6.54 Å². The quantitative estimate of drug-likeness (QED) is 0.0369. The highest BCUT2D eigenvalue weighted by Gasteiger charge is 2.52. The monoisotopic (exact) mass is 1090 g/mol. The van der Waals surface area contributed by atoms with Crippen LogP contribution in [-0.4, -0.2) is 6.15 Å². The van der Waals surface area contributed by atoms with Gasteiger partial charge >= 0.3 is 5.88 Å². The van der Waals surface area contributed by atoms with Gasteiger partial charge in [-0.15, -0.1) is 21.9 Å². The predicted octanol–water partition coefficient (Wildman–Crippen LogP) is 13.1. The minimum absolute atomic E-state index is 0.740. The van der Waals surface area contributed by atoms with E-state index in [2.05, 4.69) is 120 Å². The summed E-state index contributed by atoms with van der Waals surface area (Å²) in [5.74, 6) is -69.7. The highest BCUT2D eigenvalue weighted by Crippen LogP contribution is 2.39. The van der Waals surface area contributed by atoms with E-state index in [1.54, 1.807) is 0 Å². The molecule has 77 heavy (non-hydrogen) atoms. The molecule has 0 spiro atoms. The number of pyridine rings is 1. The van der Waals surface area contributed by atoms with Crippen LogP contribution in [0.2, 0.25) is 0 Å². The van der Waals surface area contributed by atoms with Crippen molar-refractivity contribution in [2.24, 2.45) is 0 Å². The van der Waals surface area contributed by atoms with Gasteiger partial charge in [-0.3, -0.25) is 0 Å². The molecule has 23 heteroatoms. The van der Waals surface area contributed by atoms with Crippen molar-refractivity contribution in [3.05, 3.63) is 243 Å². The topological polar surface area (TPSA) is 13.1 Å². The maximum Gasteiger partial charge on any atom is 0.381 e. The first-order valence-corrected chi connectivity index (χ1v) is 21.8. The third kappa shape index (κ3) is 8.38. The molecule has 0 aliphatic carbocycles. The Morgan fingerprint density at radius 3 is 0.935 bits per heavy atom. The summed E-state index contributed by atoms with van der Waals surface area (Å²) in [6, 6.07) is 40.2. The Labute approximate surface area is 418 Å². The first-order valence-electron chi connectivity index (χ1n) is 21.8. The van der Waals surface area contributed by atoms with E-state index in [4.69, 9.17) is 4.74 Å². The molecule has 1 aromatic heterocycles. The van der Waals surface area contributed by atoms with Crippen LogP contribution >= 0.6 is 0 Å². The summed E-state index contributed by atoms with van der Waals surface area (Å²) >= 11 is 0. The van der Waals surface area contributed by atoms with E-state index in [1.165, 1.54) is 16.3 Å². The number of hydrogen-bond donors (Lipinski definition) is 0. The van der Waals surface area contributed by atoms with Crippen LogP contribution in [0.4, 0.5) is 87.8 Å². The first-order chi connectivity index (χ1) is 36.6. The Kier molecular flexibility index (Phi) is 13.9. The lowest BCUT2D eigenvalue weighted by atomic mass is 9.12. The van der Waals surface area contributed by atoms with Gasteiger partial charge in [0.1, 0.15) is 58.4 Å². The van der Waals surface area contributed by atoms with E-state index in [9.17, 15) is 52.7 Å². The Morgan fingerprint density at radius 1 is 0.299 bits per heavy atom. The van der Waals surface area contributed by atoms with Gasteiger partial charge in [0, 0.05) is 22.4 Å². The summed E-state index contributed by atoms with van der Waals surface area (Å²) in [6.07, 6.45) is -5.09. The fraction of sp³-hybridized carbons (Fsp3) is 0.0185. The van der Waals surface area contributed by atoms with Crippen LogP contribution in [0.25, 0.3) is 32.3 Å². The van der Waals surface area contributed by atoms with Crippen molar-refractivity contribution in [1.82, 2.24) is 0 Å². The highest BCUT2D eigenvalue weighted by atomic mass is 19.2. The van der Waals surface area contributed by atoms with Gasteiger partial charge in [-0.2, -0.15) is 4.57 Å². The van der Waals surface area contributed by atoms with Gasteiger partial charge in [-0.05, 0) is 28.3 Å². The van der Waals surface area contributed by atoms with Crippen molar-refractivity contribution in [1.29, 1.82) is 0 Å². The Balaban J connectivity index is 0.000000197. The lowest BCUT2D eigenvalue weighted by molar-refractivity contribution is -0.690. The van der Waals surface area contributed by atoms with Crippen molar-refractivity contribution < 1.29 is 97.1 Å². The van der Waals surface area contributed by atoms with Gasteiger partial charge in [0.05, 0.1) is 5.39 Å². The van der Waals surface area contributed by atoms with Gasteiger partial charge in [-0.1, -0.05) is 97.1 Å². The van der Waals surface area contributed by atoms with Gasteiger partial charge in [-0.25, -0.2) is 87.8 Å². The standard InChI is InChI=1S/C30H22NO.C24BF20/c1-2-10-22(11-3-1)21-31-19-18-23-12-4-9-17-28(23)30(31)32-29-26-15-7-5-13-24(26)20-25-14-6-8-16-27(25)29;26-5-1(6(27)14(35)21(42)13(5)34)25(2-7(28)15(36)22(43)16(37)8(2)29,3-9(30)17(38)23(44)18(39)10(3)31)4-11(32)19(40)24(45)20(41)12(4)33/h1-20H,21H2;/q+1;-1. The third-order valence-corrected chi connectivity index (χ3v) is 12.7. The van der Waals surface area contributed by atoms with Crippen molar-refractivity contribution >= 4 is 60.3 Å². The molecule has 0 amide bonds. The number of aromatic nitrogens is 1. The number of ether oxygens (including phenoxy) is 1. The molecule has 10 rings (SSSR count). The number of benzene rings is 9. The molecule has 2 nitrogen and oxygen atoms in total. The number of halogens is 20. The zero-order chi connectivity index (χ0) is 55.7. The lowest BCUT2D eigenvalue weighted by Crippen LogP contribution is -2.81. The van der Waals surface area contributed by atoms with E-state index in [0.717, 1.165) is 39.7 Å². The summed E-state index contributed by atoms with van der Waals surface area (Å²) < 4.78 is 303. The normalized spacial score (nSPS) is 11.7.